The molecule has 5 nitrogen and oxygen atoms in total. The lowest BCUT2D eigenvalue weighted by Crippen LogP contribution is -2.53. The molecule has 1 aliphatic carbocycles. The highest BCUT2D eigenvalue weighted by Gasteiger charge is 2.32. The Morgan fingerprint density at radius 3 is 2.22 bits per heavy atom. The Bertz CT molecular complexity index is 1160. The van der Waals surface area contributed by atoms with Crippen molar-refractivity contribution in [2.24, 2.45) is 0 Å². The molecule has 3 aromatic carbocycles. The highest BCUT2D eigenvalue weighted by atomic mass is 16.5. The smallest absolute Gasteiger partial charge is 0.261 e. The Labute approximate surface area is 214 Å². The molecule has 1 saturated carbocycles. The van der Waals surface area contributed by atoms with Crippen LogP contribution in [-0.4, -0.2) is 35.4 Å². The second-order valence-electron chi connectivity index (χ2n) is 9.70. The second-order valence-corrected chi connectivity index (χ2v) is 9.70. The average Bonchev–Trinajstić information content (AvgIpc) is 3.40. The van der Waals surface area contributed by atoms with E-state index in [1.54, 1.807) is 4.90 Å². The first-order valence-corrected chi connectivity index (χ1v) is 12.9. The van der Waals surface area contributed by atoms with Gasteiger partial charge < -0.3 is 15.0 Å². The van der Waals surface area contributed by atoms with Gasteiger partial charge in [-0.05, 0) is 55.0 Å². The van der Waals surface area contributed by atoms with E-state index >= 15 is 0 Å². The molecular weight excluding hydrogens is 448 g/mol. The summed E-state index contributed by atoms with van der Waals surface area (Å²) in [6.45, 7) is 4.21. The van der Waals surface area contributed by atoms with E-state index in [0.29, 0.717) is 18.7 Å². The predicted octanol–water partition coefficient (Wildman–Crippen LogP) is 5.38. The molecule has 0 radical (unpaired) electrons. The summed E-state index contributed by atoms with van der Waals surface area (Å²) >= 11 is 0. The summed E-state index contributed by atoms with van der Waals surface area (Å²) in [6, 6.07) is 25.1. The fraction of sp³-hybridized carbons (Fsp3) is 0.355. The quantitative estimate of drug-likeness (QED) is 0.420. The van der Waals surface area contributed by atoms with Crippen molar-refractivity contribution in [2.45, 2.75) is 64.6 Å². The van der Waals surface area contributed by atoms with E-state index in [1.165, 1.54) is 0 Å². The monoisotopic (exact) mass is 484 g/mol. The summed E-state index contributed by atoms with van der Waals surface area (Å²) in [6.07, 6.45) is 4.69. The summed E-state index contributed by atoms with van der Waals surface area (Å²) in [4.78, 5) is 29.2. The van der Waals surface area contributed by atoms with Crippen molar-refractivity contribution in [1.29, 1.82) is 0 Å². The molecule has 0 saturated heterocycles. The van der Waals surface area contributed by atoms with Gasteiger partial charge in [0.25, 0.3) is 5.91 Å². The maximum atomic E-state index is 13.7. The lowest BCUT2D eigenvalue weighted by molar-refractivity contribution is -0.143. The molecular formula is C31H36N2O3. The van der Waals surface area contributed by atoms with Crippen LogP contribution >= 0.6 is 0 Å². The first kappa shape index (κ1) is 25.5. The SMILES string of the molecule is Cc1ccccc1CN(C(=O)COc1ccccc1C)[C@H](Cc1ccccc1)C(=O)NC1CCCC1. The zero-order valence-corrected chi connectivity index (χ0v) is 21.3. The van der Waals surface area contributed by atoms with Gasteiger partial charge in [0.05, 0.1) is 0 Å². The third kappa shape index (κ3) is 6.75. The molecule has 5 heteroatoms. The van der Waals surface area contributed by atoms with Crippen molar-refractivity contribution in [2.75, 3.05) is 6.61 Å². The molecule has 1 aliphatic rings. The van der Waals surface area contributed by atoms with Gasteiger partial charge in [0.2, 0.25) is 5.91 Å². The molecule has 1 N–H and O–H groups in total. The molecule has 4 rings (SSSR count). The van der Waals surface area contributed by atoms with Crippen LogP contribution in [0.2, 0.25) is 0 Å². The second kappa shape index (κ2) is 12.4. The summed E-state index contributed by atoms with van der Waals surface area (Å²) in [5.41, 5.74) is 4.10. The van der Waals surface area contributed by atoms with Crippen LogP contribution in [0.1, 0.15) is 47.9 Å². The molecule has 0 spiro atoms. The molecule has 0 heterocycles. The van der Waals surface area contributed by atoms with E-state index < -0.39 is 6.04 Å². The molecule has 36 heavy (non-hydrogen) atoms. The third-order valence-corrected chi connectivity index (χ3v) is 7.02. The van der Waals surface area contributed by atoms with Gasteiger partial charge in [-0.25, -0.2) is 0 Å². The standard InChI is InChI=1S/C31H36N2O3/c1-23-12-6-8-16-26(23)21-33(30(34)22-36-29-19-11-7-13-24(29)2)28(20-25-14-4-3-5-15-25)31(35)32-27-17-9-10-18-27/h3-8,11-16,19,27-28H,9-10,17-18,20-22H2,1-2H3,(H,32,35)/t28-/m1/s1. The van der Waals surface area contributed by atoms with Crippen LogP contribution in [0, 0.1) is 13.8 Å². The normalized spacial score (nSPS) is 14.3. The van der Waals surface area contributed by atoms with Crippen LogP contribution in [0.25, 0.3) is 0 Å². The number of aryl methyl sites for hydroxylation is 2. The number of ether oxygens (including phenoxy) is 1. The number of nitrogens with zero attached hydrogens (tertiary/aromatic N) is 1. The summed E-state index contributed by atoms with van der Waals surface area (Å²) < 4.78 is 5.94. The van der Waals surface area contributed by atoms with Crippen LogP contribution < -0.4 is 10.1 Å². The van der Waals surface area contributed by atoms with E-state index in [2.05, 4.69) is 5.32 Å². The topological polar surface area (TPSA) is 58.6 Å². The van der Waals surface area contributed by atoms with Gasteiger partial charge in [0, 0.05) is 19.0 Å². The Morgan fingerprint density at radius 1 is 0.889 bits per heavy atom. The summed E-state index contributed by atoms with van der Waals surface area (Å²) in [5, 5.41) is 3.24. The number of hydrogen-bond donors (Lipinski definition) is 1. The summed E-state index contributed by atoms with van der Waals surface area (Å²) in [7, 11) is 0. The molecule has 3 aromatic rings. The molecule has 188 valence electrons. The van der Waals surface area contributed by atoms with Crippen LogP contribution in [-0.2, 0) is 22.6 Å². The third-order valence-electron chi connectivity index (χ3n) is 7.02. The zero-order chi connectivity index (χ0) is 25.3. The average molecular weight is 485 g/mol. The first-order valence-electron chi connectivity index (χ1n) is 12.9. The number of nitrogens with one attached hydrogen (secondary N) is 1. The summed E-state index contributed by atoms with van der Waals surface area (Å²) in [5.74, 6) is 0.379. The Balaban J connectivity index is 1.63. The van der Waals surface area contributed by atoms with Crippen molar-refractivity contribution in [3.8, 4) is 5.75 Å². The number of benzene rings is 3. The van der Waals surface area contributed by atoms with Crippen LogP contribution in [0.3, 0.4) is 0 Å². The van der Waals surface area contributed by atoms with Crippen LogP contribution in [0.15, 0.2) is 78.9 Å². The van der Waals surface area contributed by atoms with Crippen molar-refractivity contribution in [3.05, 3.63) is 101 Å². The van der Waals surface area contributed by atoms with Gasteiger partial charge in [-0.3, -0.25) is 9.59 Å². The Hall–Kier alpha value is -3.60. The van der Waals surface area contributed by atoms with E-state index in [1.807, 2.05) is 92.7 Å². The number of para-hydroxylation sites is 1. The van der Waals surface area contributed by atoms with Crippen LogP contribution in [0.5, 0.6) is 5.75 Å². The molecule has 2 amide bonds. The predicted molar refractivity (Wildman–Crippen MR) is 143 cm³/mol. The van der Waals surface area contributed by atoms with Gasteiger partial charge in [-0.2, -0.15) is 0 Å². The number of carbonyl (C=O) groups is 2. The Kier molecular flexibility index (Phi) is 8.77. The van der Waals surface area contributed by atoms with E-state index in [4.69, 9.17) is 4.74 Å². The largest absolute Gasteiger partial charge is 0.484 e. The molecule has 0 bridgehead atoms. The van der Waals surface area contributed by atoms with Gasteiger partial charge in [0.15, 0.2) is 6.61 Å². The maximum absolute atomic E-state index is 13.7. The van der Waals surface area contributed by atoms with E-state index in [0.717, 1.165) is 47.9 Å². The molecule has 1 fully saturated rings. The van der Waals surface area contributed by atoms with Crippen molar-refractivity contribution in [3.63, 3.8) is 0 Å². The number of amides is 2. The number of carbonyl (C=O) groups excluding carboxylic acids is 2. The molecule has 0 unspecified atom stereocenters. The zero-order valence-electron chi connectivity index (χ0n) is 21.3. The molecule has 1 atom stereocenters. The van der Waals surface area contributed by atoms with Crippen molar-refractivity contribution in [1.82, 2.24) is 10.2 Å². The number of hydrogen-bond acceptors (Lipinski definition) is 3. The number of rotatable bonds is 10. The minimum Gasteiger partial charge on any atom is -0.484 e. The lowest BCUT2D eigenvalue weighted by Gasteiger charge is -2.32. The fourth-order valence-electron chi connectivity index (χ4n) is 4.83. The minimum atomic E-state index is -0.638. The van der Waals surface area contributed by atoms with Gasteiger partial charge in [0.1, 0.15) is 11.8 Å². The highest BCUT2D eigenvalue weighted by molar-refractivity contribution is 5.88. The van der Waals surface area contributed by atoms with Gasteiger partial charge >= 0.3 is 0 Å². The van der Waals surface area contributed by atoms with Crippen molar-refractivity contribution >= 4 is 11.8 Å². The minimum absolute atomic E-state index is 0.0939. The van der Waals surface area contributed by atoms with Gasteiger partial charge in [-0.15, -0.1) is 0 Å². The van der Waals surface area contributed by atoms with E-state index in [9.17, 15) is 9.59 Å². The van der Waals surface area contributed by atoms with E-state index in [-0.39, 0.29) is 24.5 Å². The highest BCUT2D eigenvalue weighted by Crippen LogP contribution is 2.22. The molecule has 0 aliphatic heterocycles. The van der Waals surface area contributed by atoms with Crippen molar-refractivity contribution < 1.29 is 14.3 Å². The maximum Gasteiger partial charge on any atom is 0.261 e. The first-order chi connectivity index (χ1) is 17.5. The lowest BCUT2D eigenvalue weighted by atomic mass is 10.0. The molecule has 0 aromatic heterocycles. The Morgan fingerprint density at radius 2 is 1.53 bits per heavy atom. The fourth-order valence-corrected chi connectivity index (χ4v) is 4.83. The van der Waals surface area contributed by atoms with Gasteiger partial charge in [-0.1, -0.05) is 85.6 Å². The van der Waals surface area contributed by atoms with Crippen LogP contribution in [0.4, 0.5) is 0 Å².